The molecule has 0 saturated carbocycles. The Kier molecular flexibility index (Phi) is 3.90. The molecule has 1 N–H and O–H groups in total. The second-order valence-electron chi connectivity index (χ2n) is 3.93. The van der Waals surface area contributed by atoms with Crippen LogP contribution in [0.15, 0.2) is 6.07 Å². The average Bonchev–Trinajstić information content (AvgIpc) is 2.43. The minimum absolute atomic E-state index is 0.0343. The van der Waals surface area contributed by atoms with Crippen LogP contribution in [0.25, 0.3) is 0 Å². The van der Waals surface area contributed by atoms with Crippen LogP contribution < -0.4 is 5.32 Å². The van der Waals surface area contributed by atoms with Crippen molar-refractivity contribution < 1.29 is 4.79 Å². The lowest BCUT2D eigenvalue weighted by molar-refractivity contribution is -0.116. The van der Waals surface area contributed by atoms with Gasteiger partial charge in [-0.15, -0.1) is 0 Å². The minimum Gasteiger partial charge on any atom is -0.310 e. The van der Waals surface area contributed by atoms with E-state index >= 15 is 0 Å². The maximum atomic E-state index is 11.7. The summed E-state index contributed by atoms with van der Waals surface area (Å²) in [6.45, 7) is 5.88. The molecule has 0 radical (unpaired) electrons. The van der Waals surface area contributed by atoms with Gasteiger partial charge in [-0.1, -0.05) is 29.8 Å². The Morgan fingerprint density at radius 1 is 1.60 bits per heavy atom. The molecule has 1 unspecified atom stereocenters. The van der Waals surface area contributed by atoms with Crippen LogP contribution in [0.4, 0.5) is 5.82 Å². The van der Waals surface area contributed by atoms with Crippen molar-refractivity contribution in [2.24, 2.45) is 13.0 Å². The quantitative estimate of drug-likeness (QED) is 0.858. The van der Waals surface area contributed by atoms with E-state index in [0.717, 1.165) is 11.5 Å². The maximum Gasteiger partial charge on any atom is 0.239 e. The highest BCUT2D eigenvalue weighted by molar-refractivity contribution is 9.10. The van der Waals surface area contributed by atoms with Crippen molar-refractivity contribution in [3.63, 3.8) is 0 Å². The molecule has 0 bridgehead atoms. The molecule has 84 valence electrons. The summed E-state index contributed by atoms with van der Waals surface area (Å²) in [4.78, 5) is 11.5. The number of anilines is 1. The van der Waals surface area contributed by atoms with Gasteiger partial charge in [0.1, 0.15) is 5.82 Å². The molecule has 1 rings (SSSR count). The van der Waals surface area contributed by atoms with E-state index in [0.29, 0.717) is 0 Å². The Morgan fingerprint density at radius 3 is 2.60 bits per heavy atom. The normalized spacial score (nSPS) is 12.9. The summed E-state index contributed by atoms with van der Waals surface area (Å²) in [5.74, 6) is 0.954. The molecule has 1 heterocycles. The summed E-state index contributed by atoms with van der Waals surface area (Å²) < 4.78 is 1.66. The Balaban J connectivity index is 2.70. The summed E-state index contributed by atoms with van der Waals surface area (Å²) in [5.41, 5.74) is 0.892. The number of hydrogen-bond acceptors (Lipinski definition) is 2. The number of aromatic nitrogens is 2. The maximum absolute atomic E-state index is 11.7. The average molecular weight is 274 g/mol. The van der Waals surface area contributed by atoms with Crippen LogP contribution in [0.5, 0.6) is 0 Å². The molecule has 0 saturated heterocycles. The van der Waals surface area contributed by atoms with Crippen LogP contribution in [0.3, 0.4) is 0 Å². The van der Waals surface area contributed by atoms with Crippen LogP contribution in [-0.4, -0.2) is 20.5 Å². The molecule has 0 aliphatic rings. The van der Waals surface area contributed by atoms with Crippen molar-refractivity contribution in [2.75, 3.05) is 5.32 Å². The molecule has 0 fully saturated rings. The van der Waals surface area contributed by atoms with Crippen molar-refractivity contribution in [1.82, 2.24) is 9.78 Å². The third kappa shape index (κ3) is 3.06. The standard InChI is InChI=1S/C10H16BrN3O/c1-6(2)9(11)10(15)12-8-5-7(3)13-14(8)4/h5-6,9H,1-4H3,(H,12,15). The molecule has 0 aliphatic carbocycles. The molecule has 1 atom stereocenters. The SMILES string of the molecule is Cc1cc(NC(=O)C(Br)C(C)C)n(C)n1. The van der Waals surface area contributed by atoms with Gasteiger partial charge >= 0.3 is 0 Å². The fraction of sp³-hybridized carbons (Fsp3) is 0.600. The van der Waals surface area contributed by atoms with E-state index < -0.39 is 0 Å². The molecular weight excluding hydrogens is 258 g/mol. The summed E-state index contributed by atoms with van der Waals surface area (Å²) in [6, 6.07) is 1.85. The number of rotatable bonds is 3. The predicted octanol–water partition coefficient (Wildman–Crippen LogP) is 2.09. The van der Waals surface area contributed by atoms with Crippen LogP contribution >= 0.6 is 15.9 Å². The van der Waals surface area contributed by atoms with Gasteiger partial charge in [-0.05, 0) is 12.8 Å². The number of amides is 1. The third-order valence-corrected chi connectivity index (χ3v) is 3.56. The second kappa shape index (κ2) is 4.79. The smallest absolute Gasteiger partial charge is 0.239 e. The summed E-state index contributed by atoms with van der Waals surface area (Å²) in [5, 5.41) is 6.98. The highest BCUT2D eigenvalue weighted by Gasteiger charge is 2.19. The van der Waals surface area contributed by atoms with Gasteiger partial charge in [0.15, 0.2) is 0 Å². The van der Waals surface area contributed by atoms with Gasteiger partial charge in [0.25, 0.3) is 0 Å². The van der Waals surface area contributed by atoms with Crippen LogP contribution in [0, 0.1) is 12.8 Å². The lowest BCUT2D eigenvalue weighted by Gasteiger charge is -2.13. The van der Waals surface area contributed by atoms with E-state index in [-0.39, 0.29) is 16.7 Å². The number of aryl methyl sites for hydroxylation is 2. The molecule has 5 heteroatoms. The van der Waals surface area contributed by atoms with Crippen LogP contribution in [-0.2, 0) is 11.8 Å². The van der Waals surface area contributed by atoms with Crippen molar-refractivity contribution in [3.05, 3.63) is 11.8 Å². The van der Waals surface area contributed by atoms with Gasteiger partial charge < -0.3 is 5.32 Å². The zero-order chi connectivity index (χ0) is 11.6. The first-order valence-corrected chi connectivity index (χ1v) is 5.79. The van der Waals surface area contributed by atoms with Crippen molar-refractivity contribution in [1.29, 1.82) is 0 Å². The van der Waals surface area contributed by atoms with Gasteiger partial charge in [0, 0.05) is 13.1 Å². The van der Waals surface area contributed by atoms with Crippen LogP contribution in [0.2, 0.25) is 0 Å². The number of hydrogen-bond donors (Lipinski definition) is 1. The summed E-state index contributed by atoms with van der Waals surface area (Å²) in [7, 11) is 1.81. The fourth-order valence-electron chi connectivity index (χ4n) is 1.23. The first-order valence-electron chi connectivity index (χ1n) is 4.87. The molecule has 4 nitrogen and oxygen atoms in total. The van der Waals surface area contributed by atoms with Gasteiger partial charge in [0.2, 0.25) is 5.91 Å². The molecule has 1 aromatic heterocycles. The topological polar surface area (TPSA) is 46.9 Å². The van der Waals surface area contributed by atoms with Gasteiger partial charge in [-0.2, -0.15) is 5.10 Å². The van der Waals surface area contributed by atoms with E-state index in [9.17, 15) is 4.79 Å². The third-order valence-electron chi connectivity index (χ3n) is 2.09. The van der Waals surface area contributed by atoms with E-state index in [1.54, 1.807) is 11.7 Å². The summed E-state index contributed by atoms with van der Waals surface area (Å²) in [6.07, 6.45) is 0. The number of nitrogens with one attached hydrogen (secondary N) is 1. The lowest BCUT2D eigenvalue weighted by atomic mass is 10.1. The summed E-state index contributed by atoms with van der Waals surface area (Å²) >= 11 is 3.35. The minimum atomic E-state index is -0.173. The first kappa shape index (κ1) is 12.2. The zero-order valence-electron chi connectivity index (χ0n) is 9.41. The van der Waals surface area contributed by atoms with E-state index in [2.05, 4.69) is 26.3 Å². The van der Waals surface area contributed by atoms with Gasteiger partial charge in [-0.25, -0.2) is 0 Å². The van der Waals surface area contributed by atoms with Crippen molar-refractivity contribution in [2.45, 2.75) is 25.6 Å². The van der Waals surface area contributed by atoms with Crippen molar-refractivity contribution >= 4 is 27.7 Å². The Hall–Kier alpha value is -0.840. The number of nitrogens with zero attached hydrogens (tertiary/aromatic N) is 2. The first-order chi connectivity index (χ1) is 6.91. The number of halogens is 1. The second-order valence-corrected chi connectivity index (χ2v) is 4.92. The fourth-order valence-corrected chi connectivity index (χ4v) is 1.34. The molecular formula is C10H16BrN3O. The Labute approximate surface area is 98.2 Å². The molecule has 0 aliphatic heterocycles. The van der Waals surface area contributed by atoms with Gasteiger partial charge in [-0.3, -0.25) is 9.48 Å². The highest BCUT2D eigenvalue weighted by Crippen LogP contribution is 2.15. The largest absolute Gasteiger partial charge is 0.310 e. The lowest BCUT2D eigenvalue weighted by Crippen LogP contribution is -2.27. The molecule has 1 aromatic rings. The Morgan fingerprint density at radius 2 is 2.20 bits per heavy atom. The molecule has 0 aromatic carbocycles. The molecule has 15 heavy (non-hydrogen) atoms. The Bertz CT molecular complexity index is 360. The molecule has 0 spiro atoms. The number of carbonyl (C=O) groups is 1. The highest BCUT2D eigenvalue weighted by atomic mass is 79.9. The van der Waals surface area contributed by atoms with Crippen molar-refractivity contribution in [3.8, 4) is 0 Å². The molecule has 1 amide bonds. The van der Waals surface area contributed by atoms with E-state index in [1.807, 2.05) is 26.8 Å². The van der Waals surface area contributed by atoms with E-state index in [1.165, 1.54) is 0 Å². The van der Waals surface area contributed by atoms with Crippen LogP contribution in [0.1, 0.15) is 19.5 Å². The number of carbonyl (C=O) groups excluding carboxylic acids is 1. The number of alkyl halides is 1. The van der Waals surface area contributed by atoms with Gasteiger partial charge in [0.05, 0.1) is 10.5 Å². The van der Waals surface area contributed by atoms with E-state index in [4.69, 9.17) is 0 Å². The monoisotopic (exact) mass is 273 g/mol. The zero-order valence-corrected chi connectivity index (χ0v) is 11.0. The predicted molar refractivity (Wildman–Crippen MR) is 64.1 cm³/mol.